The van der Waals surface area contributed by atoms with Crippen molar-refractivity contribution in [3.63, 3.8) is 0 Å². The maximum atomic E-state index is 14.4. The normalized spacial score (nSPS) is 43.9. The van der Waals surface area contributed by atoms with Crippen LogP contribution >= 0.6 is 0 Å². The standard InChI is InChI=1S/C19H25FO4/c1-19-8-15(24-2)16-9-5-6-13(21)17(20)10(9)3-4-11(16)12(19)7-14(22)18(19)23/h5-6,11-12,14-16,18,21-23H,3-4,7-8H2,1-2H3/t11-,12-,14-,15-,16+,18-,19-/m0/s1. The third-order valence-electron chi connectivity index (χ3n) is 7.05. The van der Waals surface area contributed by atoms with E-state index in [4.69, 9.17) is 4.74 Å². The van der Waals surface area contributed by atoms with Crippen molar-refractivity contribution in [2.24, 2.45) is 17.3 Å². The summed E-state index contributed by atoms with van der Waals surface area (Å²) in [6, 6.07) is 3.25. The van der Waals surface area contributed by atoms with Crippen LogP contribution in [0.2, 0.25) is 0 Å². The predicted octanol–water partition coefficient (Wildman–Crippen LogP) is 2.34. The zero-order valence-corrected chi connectivity index (χ0v) is 14.1. The highest BCUT2D eigenvalue weighted by Gasteiger charge is 2.60. The van der Waals surface area contributed by atoms with Crippen molar-refractivity contribution in [1.82, 2.24) is 0 Å². The number of ether oxygens (including phenoxy) is 1. The minimum absolute atomic E-state index is 0.0458. The van der Waals surface area contributed by atoms with Crippen molar-refractivity contribution in [3.05, 3.63) is 29.1 Å². The molecule has 0 saturated heterocycles. The lowest BCUT2D eigenvalue weighted by Crippen LogP contribution is -2.51. The smallest absolute Gasteiger partial charge is 0.168 e. The maximum Gasteiger partial charge on any atom is 0.168 e. The van der Waals surface area contributed by atoms with Crippen LogP contribution in [0, 0.1) is 23.1 Å². The lowest BCUT2D eigenvalue weighted by molar-refractivity contribution is -0.102. The minimum Gasteiger partial charge on any atom is -0.505 e. The SMILES string of the molecule is CO[C@H]1C[C@]2(C)[C@@H](O)[C@@H](O)C[C@H]2[C@@H]2CCc3c(ccc(O)c3F)[C@H]21. The fourth-order valence-electron chi connectivity index (χ4n) is 5.88. The summed E-state index contributed by atoms with van der Waals surface area (Å²) in [5, 5.41) is 30.5. The van der Waals surface area contributed by atoms with Gasteiger partial charge >= 0.3 is 0 Å². The molecule has 0 aromatic heterocycles. The average Bonchev–Trinajstić information content (AvgIpc) is 2.80. The quantitative estimate of drug-likeness (QED) is 0.736. The van der Waals surface area contributed by atoms with E-state index in [9.17, 15) is 19.7 Å². The fraction of sp³-hybridized carbons (Fsp3) is 0.684. The first kappa shape index (κ1) is 16.3. The van der Waals surface area contributed by atoms with Gasteiger partial charge in [0.2, 0.25) is 0 Å². The van der Waals surface area contributed by atoms with Gasteiger partial charge in [-0.1, -0.05) is 13.0 Å². The number of aliphatic hydroxyl groups excluding tert-OH is 2. The number of methoxy groups -OCH3 is 1. The fourth-order valence-corrected chi connectivity index (χ4v) is 5.88. The first-order valence-corrected chi connectivity index (χ1v) is 8.77. The molecule has 24 heavy (non-hydrogen) atoms. The van der Waals surface area contributed by atoms with E-state index in [0.717, 1.165) is 12.0 Å². The van der Waals surface area contributed by atoms with Gasteiger partial charge in [-0.3, -0.25) is 0 Å². The van der Waals surface area contributed by atoms with Crippen molar-refractivity contribution in [3.8, 4) is 5.75 Å². The van der Waals surface area contributed by atoms with Crippen LogP contribution in [-0.4, -0.2) is 40.7 Å². The lowest BCUT2D eigenvalue weighted by atomic mass is 9.54. The zero-order chi connectivity index (χ0) is 17.2. The van der Waals surface area contributed by atoms with Gasteiger partial charge in [0, 0.05) is 18.4 Å². The molecule has 0 bridgehead atoms. The Morgan fingerprint density at radius 3 is 2.75 bits per heavy atom. The molecule has 4 rings (SSSR count). The summed E-state index contributed by atoms with van der Waals surface area (Å²) >= 11 is 0. The highest BCUT2D eigenvalue weighted by atomic mass is 19.1. The van der Waals surface area contributed by atoms with E-state index >= 15 is 0 Å². The van der Waals surface area contributed by atoms with E-state index < -0.39 is 18.0 Å². The predicted molar refractivity (Wildman–Crippen MR) is 86.3 cm³/mol. The van der Waals surface area contributed by atoms with Gasteiger partial charge in [0.1, 0.15) is 0 Å². The topological polar surface area (TPSA) is 69.9 Å². The minimum atomic E-state index is -0.737. The Hall–Kier alpha value is -1.17. The van der Waals surface area contributed by atoms with Crippen molar-refractivity contribution >= 4 is 0 Å². The van der Waals surface area contributed by atoms with Crippen LogP contribution in [0.4, 0.5) is 4.39 Å². The molecule has 2 saturated carbocycles. The van der Waals surface area contributed by atoms with Gasteiger partial charge in [0.25, 0.3) is 0 Å². The molecular weight excluding hydrogens is 311 g/mol. The molecule has 7 atom stereocenters. The van der Waals surface area contributed by atoms with Crippen LogP contribution in [-0.2, 0) is 11.2 Å². The molecule has 3 aliphatic carbocycles. The highest BCUT2D eigenvalue weighted by Crippen LogP contribution is 2.61. The molecule has 1 aromatic carbocycles. The monoisotopic (exact) mass is 336 g/mol. The van der Waals surface area contributed by atoms with Crippen molar-refractivity contribution in [2.75, 3.05) is 7.11 Å². The van der Waals surface area contributed by atoms with Crippen LogP contribution in [0.15, 0.2) is 12.1 Å². The number of fused-ring (bicyclic) bond motifs is 5. The summed E-state index contributed by atoms with van der Waals surface area (Å²) in [5.41, 5.74) is 1.15. The maximum absolute atomic E-state index is 14.4. The van der Waals surface area contributed by atoms with Gasteiger partial charge in [-0.25, -0.2) is 4.39 Å². The Balaban J connectivity index is 1.80. The number of hydrogen-bond donors (Lipinski definition) is 3. The summed E-state index contributed by atoms with van der Waals surface area (Å²) in [4.78, 5) is 0. The summed E-state index contributed by atoms with van der Waals surface area (Å²) in [6.45, 7) is 2.05. The number of halogens is 1. The van der Waals surface area contributed by atoms with E-state index in [1.54, 1.807) is 7.11 Å². The van der Waals surface area contributed by atoms with Gasteiger partial charge in [-0.15, -0.1) is 0 Å². The lowest BCUT2D eigenvalue weighted by Gasteiger charge is -2.53. The van der Waals surface area contributed by atoms with E-state index in [2.05, 4.69) is 0 Å². The van der Waals surface area contributed by atoms with Gasteiger partial charge in [-0.05, 0) is 54.7 Å². The number of rotatable bonds is 1. The first-order chi connectivity index (χ1) is 11.4. The molecule has 0 aliphatic heterocycles. The molecule has 3 aliphatic rings. The second kappa shape index (κ2) is 5.41. The molecular formula is C19H25FO4. The Bertz CT molecular complexity index is 663. The molecule has 0 spiro atoms. The largest absolute Gasteiger partial charge is 0.505 e. The third-order valence-corrected chi connectivity index (χ3v) is 7.05. The van der Waals surface area contributed by atoms with Crippen LogP contribution < -0.4 is 0 Å². The molecule has 5 heteroatoms. The molecule has 0 radical (unpaired) electrons. The molecule has 132 valence electrons. The van der Waals surface area contributed by atoms with Crippen LogP contribution in [0.25, 0.3) is 0 Å². The number of aromatic hydroxyl groups is 1. The molecule has 0 amide bonds. The molecule has 0 heterocycles. The molecule has 1 aromatic rings. The Morgan fingerprint density at radius 2 is 2.04 bits per heavy atom. The van der Waals surface area contributed by atoms with Gasteiger partial charge in [0.05, 0.1) is 18.3 Å². The Morgan fingerprint density at radius 1 is 1.29 bits per heavy atom. The molecule has 4 nitrogen and oxygen atoms in total. The molecule has 3 N–H and O–H groups in total. The zero-order valence-electron chi connectivity index (χ0n) is 14.1. The number of hydrogen-bond acceptors (Lipinski definition) is 4. The van der Waals surface area contributed by atoms with Crippen LogP contribution in [0.5, 0.6) is 5.75 Å². The summed E-state index contributed by atoms with van der Waals surface area (Å²) < 4.78 is 20.1. The summed E-state index contributed by atoms with van der Waals surface area (Å²) in [7, 11) is 1.66. The van der Waals surface area contributed by atoms with Crippen molar-refractivity contribution < 1.29 is 24.4 Å². The highest BCUT2D eigenvalue weighted by molar-refractivity contribution is 5.42. The number of phenolic OH excluding ortho intramolecular Hbond substituents is 1. The van der Waals surface area contributed by atoms with Gasteiger partial charge in [0.15, 0.2) is 11.6 Å². The van der Waals surface area contributed by atoms with E-state index in [1.165, 1.54) is 6.07 Å². The van der Waals surface area contributed by atoms with Crippen molar-refractivity contribution in [2.45, 2.75) is 56.8 Å². The Labute approximate surface area is 141 Å². The van der Waals surface area contributed by atoms with Gasteiger partial charge < -0.3 is 20.1 Å². The first-order valence-electron chi connectivity index (χ1n) is 8.77. The molecule has 0 unspecified atom stereocenters. The van der Waals surface area contributed by atoms with Crippen molar-refractivity contribution in [1.29, 1.82) is 0 Å². The van der Waals surface area contributed by atoms with E-state index in [1.807, 2.05) is 13.0 Å². The summed E-state index contributed by atoms with van der Waals surface area (Å²) in [6.07, 6.45) is 1.04. The second-order valence-electron chi connectivity index (χ2n) is 8.03. The van der Waals surface area contributed by atoms with Gasteiger partial charge in [-0.2, -0.15) is 0 Å². The average molecular weight is 336 g/mol. The number of aliphatic hydroxyl groups is 2. The summed E-state index contributed by atoms with van der Waals surface area (Å²) in [5.74, 6) is -0.320. The second-order valence-corrected chi connectivity index (χ2v) is 8.03. The number of phenols is 1. The number of benzene rings is 1. The van der Waals surface area contributed by atoms with Crippen LogP contribution in [0.1, 0.15) is 43.2 Å². The van der Waals surface area contributed by atoms with Crippen LogP contribution in [0.3, 0.4) is 0 Å². The molecule has 2 fully saturated rings. The Kier molecular flexibility index (Phi) is 3.68. The van der Waals surface area contributed by atoms with E-state index in [0.29, 0.717) is 24.8 Å². The van der Waals surface area contributed by atoms with E-state index in [-0.39, 0.29) is 35.0 Å². The third kappa shape index (κ3) is 2.01.